The van der Waals surface area contributed by atoms with Gasteiger partial charge in [0.05, 0.1) is 23.6 Å². The summed E-state index contributed by atoms with van der Waals surface area (Å²) in [6.45, 7) is 0. The van der Waals surface area contributed by atoms with Crippen LogP contribution in [-0.2, 0) is 0 Å². The van der Waals surface area contributed by atoms with Crippen LogP contribution in [0.1, 0.15) is 0 Å². The minimum atomic E-state index is 0.665. The molecule has 0 radical (unpaired) electrons. The predicted octanol–water partition coefficient (Wildman–Crippen LogP) is 2.18. The summed E-state index contributed by atoms with van der Waals surface area (Å²) >= 11 is 0. The van der Waals surface area contributed by atoms with E-state index in [1.807, 2.05) is 24.3 Å². The first-order valence-corrected chi connectivity index (χ1v) is 5.31. The minimum absolute atomic E-state index is 0.665. The zero-order valence-corrected chi connectivity index (χ0v) is 9.32. The van der Waals surface area contributed by atoms with Crippen LogP contribution in [0.5, 0.6) is 0 Å². The molecule has 4 rings (SSSR count). The number of fused-ring (bicyclic) bond motifs is 2. The number of hydrogen-bond acceptors (Lipinski definition) is 5. The van der Waals surface area contributed by atoms with E-state index < -0.39 is 0 Å². The first-order valence-electron chi connectivity index (χ1n) is 5.31. The Morgan fingerprint density at radius 2 is 1.89 bits per heavy atom. The standard InChI is InChI=1S/C9H6N4.C3H3NO/c1-2-4-7-6(3-1)12-8-9(13-7)11-5-10-8;1-2-5-3-4-1/h1-5H,(H,10,11,12,13);1-3H. The Morgan fingerprint density at radius 3 is 2.56 bits per heavy atom. The summed E-state index contributed by atoms with van der Waals surface area (Å²) in [6, 6.07) is 7.74. The lowest BCUT2D eigenvalue weighted by molar-refractivity contribution is 0.558. The van der Waals surface area contributed by atoms with Crippen molar-refractivity contribution in [2.24, 2.45) is 0 Å². The summed E-state index contributed by atoms with van der Waals surface area (Å²) in [5.41, 5.74) is 3.17. The highest BCUT2D eigenvalue weighted by atomic mass is 16.3. The van der Waals surface area contributed by atoms with Crippen molar-refractivity contribution in [1.82, 2.24) is 24.9 Å². The number of imidazole rings is 1. The smallest absolute Gasteiger partial charge is 0.197 e. The Labute approximate surface area is 102 Å². The van der Waals surface area contributed by atoms with Gasteiger partial charge >= 0.3 is 0 Å². The Kier molecular flexibility index (Phi) is 2.67. The molecule has 6 heteroatoms. The van der Waals surface area contributed by atoms with E-state index in [-0.39, 0.29) is 0 Å². The average Bonchev–Trinajstić information content (AvgIpc) is 3.09. The maximum atomic E-state index is 4.47. The number of benzene rings is 1. The Hall–Kier alpha value is -2.76. The number of H-pyrrole nitrogens is 1. The van der Waals surface area contributed by atoms with Crippen LogP contribution in [0.25, 0.3) is 22.3 Å². The van der Waals surface area contributed by atoms with Gasteiger partial charge in [-0.25, -0.2) is 19.9 Å². The molecule has 4 aromatic rings. The number of hydrogen-bond donors (Lipinski definition) is 1. The van der Waals surface area contributed by atoms with Crippen LogP contribution in [0.3, 0.4) is 0 Å². The average molecular weight is 239 g/mol. The van der Waals surface area contributed by atoms with E-state index in [1.54, 1.807) is 12.5 Å². The minimum Gasteiger partial charge on any atom is -0.452 e. The van der Waals surface area contributed by atoms with Crippen LogP contribution in [0, 0.1) is 0 Å². The van der Waals surface area contributed by atoms with Gasteiger partial charge in [0.2, 0.25) is 0 Å². The van der Waals surface area contributed by atoms with Crippen molar-refractivity contribution in [3.05, 3.63) is 49.4 Å². The molecule has 0 unspecified atom stereocenters. The molecule has 88 valence electrons. The molecule has 0 saturated heterocycles. The normalized spacial score (nSPS) is 10.2. The second kappa shape index (κ2) is 4.62. The van der Waals surface area contributed by atoms with Crippen LogP contribution < -0.4 is 0 Å². The molecule has 0 amide bonds. The third-order valence-corrected chi connectivity index (χ3v) is 2.29. The summed E-state index contributed by atoms with van der Waals surface area (Å²) in [7, 11) is 0. The summed E-state index contributed by atoms with van der Waals surface area (Å²) in [5, 5.41) is 0. The molecule has 0 aliphatic heterocycles. The van der Waals surface area contributed by atoms with E-state index >= 15 is 0 Å². The van der Waals surface area contributed by atoms with Gasteiger partial charge in [-0.3, -0.25) is 0 Å². The zero-order chi connectivity index (χ0) is 12.2. The van der Waals surface area contributed by atoms with E-state index in [4.69, 9.17) is 0 Å². The highest BCUT2D eigenvalue weighted by molar-refractivity contribution is 5.82. The molecule has 0 aliphatic carbocycles. The highest BCUT2D eigenvalue weighted by Gasteiger charge is 2.00. The van der Waals surface area contributed by atoms with Crippen LogP contribution >= 0.6 is 0 Å². The summed E-state index contributed by atoms with van der Waals surface area (Å²) in [6.07, 6.45) is 6.07. The maximum absolute atomic E-state index is 4.47. The van der Waals surface area contributed by atoms with Crippen LogP contribution in [-0.4, -0.2) is 24.9 Å². The molecule has 0 atom stereocenters. The number of oxazole rings is 1. The van der Waals surface area contributed by atoms with Crippen molar-refractivity contribution in [2.45, 2.75) is 0 Å². The van der Waals surface area contributed by atoms with Crippen molar-refractivity contribution in [1.29, 1.82) is 0 Å². The lowest BCUT2D eigenvalue weighted by atomic mass is 10.3. The van der Waals surface area contributed by atoms with Crippen molar-refractivity contribution < 1.29 is 4.42 Å². The van der Waals surface area contributed by atoms with Gasteiger partial charge in [-0.1, -0.05) is 12.1 Å². The van der Waals surface area contributed by atoms with Crippen LogP contribution in [0.4, 0.5) is 0 Å². The van der Waals surface area contributed by atoms with Gasteiger partial charge < -0.3 is 9.40 Å². The Balaban J connectivity index is 0.000000169. The fraction of sp³-hybridized carbons (Fsp3) is 0. The van der Waals surface area contributed by atoms with Gasteiger partial charge in [0.1, 0.15) is 6.26 Å². The fourth-order valence-corrected chi connectivity index (χ4v) is 1.51. The number of aromatic amines is 1. The molecule has 1 N–H and O–H groups in total. The summed E-state index contributed by atoms with van der Waals surface area (Å²) < 4.78 is 4.47. The van der Waals surface area contributed by atoms with Gasteiger partial charge in [-0.05, 0) is 12.1 Å². The monoisotopic (exact) mass is 239 g/mol. The largest absolute Gasteiger partial charge is 0.452 e. The summed E-state index contributed by atoms with van der Waals surface area (Å²) in [5.74, 6) is 0. The molecule has 3 heterocycles. The van der Waals surface area contributed by atoms with Gasteiger partial charge in [-0.2, -0.15) is 0 Å². The first kappa shape index (κ1) is 10.4. The molecule has 6 nitrogen and oxygen atoms in total. The molecule has 0 bridgehead atoms. The van der Waals surface area contributed by atoms with Crippen LogP contribution in [0.15, 0.2) is 53.9 Å². The van der Waals surface area contributed by atoms with E-state index in [0.29, 0.717) is 5.65 Å². The van der Waals surface area contributed by atoms with Gasteiger partial charge in [0.15, 0.2) is 17.7 Å². The third kappa shape index (κ3) is 2.03. The quantitative estimate of drug-likeness (QED) is 0.508. The van der Waals surface area contributed by atoms with Crippen molar-refractivity contribution in [3.8, 4) is 0 Å². The molecule has 18 heavy (non-hydrogen) atoms. The number of aromatic nitrogens is 5. The molecule has 3 aromatic heterocycles. The number of rotatable bonds is 0. The van der Waals surface area contributed by atoms with E-state index in [9.17, 15) is 0 Å². The van der Waals surface area contributed by atoms with E-state index in [2.05, 4.69) is 29.3 Å². The van der Waals surface area contributed by atoms with Gasteiger partial charge in [-0.15, -0.1) is 0 Å². The zero-order valence-electron chi connectivity index (χ0n) is 9.32. The van der Waals surface area contributed by atoms with Crippen LogP contribution in [0.2, 0.25) is 0 Å². The molecular formula is C12H9N5O. The second-order valence-corrected chi connectivity index (χ2v) is 3.46. The SMILES string of the molecule is c1ccc2nc3[nH]cnc3nc2c1.c1cocn1. The van der Waals surface area contributed by atoms with Gasteiger partial charge in [0, 0.05) is 0 Å². The lowest BCUT2D eigenvalue weighted by Gasteiger charge is -1.93. The second-order valence-electron chi connectivity index (χ2n) is 3.46. The molecule has 0 saturated carbocycles. The van der Waals surface area contributed by atoms with E-state index in [0.717, 1.165) is 16.7 Å². The molecule has 0 spiro atoms. The van der Waals surface area contributed by atoms with E-state index in [1.165, 1.54) is 12.7 Å². The third-order valence-electron chi connectivity index (χ3n) is 2.29. The molecule has 1 aromatic carbocycles. The van der Waals surface area contributed by atoms with Crippen molar-refractivity contribution in [2.75, 3.05) is 0 Å². The van der Waals surface area contributed by atoms with Gasteiger partial charge in [0.25, 0.3) is 0 Å². The molecule has 0 fully saturated rings. The predicted molar refractivity (Wildman–Crippen MR) is 65.7 cm³/mol. The fourth-order valence-electron chi connectivity index (χ4n) is 1.51. The van der Waals surface area contributed by atoms with Crippen molar-refractivity contribution >= 4 is 22.3 Å². The highest BCUT2D eigenvalue weighted by Crippen LogP contribution is 2.11. The lowest BCUT2D eigenvalue weighted by Crippen LogP contribution is -1.85. The maximum Gasteiger partial charge on any atom is 0.197 e. The van der Waals surface area contributed by atoms with Crippen molar-refractivity contribution in [3.63, 3.8) is 0 Å². The number of nitrogens with zero attached hydrogens (tertiary/aromatic N) is 4. The molecular weight excluding hydrogens is 230 g/mol. The topological polar surface area (TPSA) is 80.5 Å². The Bertz CT molecular complexity index is 680. The molecule has 0 aliphatic rings. The number of nitrogens with one attached hydrogen (secondary N) is 1. The first-order chi connectivity index (χ1) is 8.93. The number of para-hydroxylation sites is 2. The summed E-state index contributed by atoms with van der Waals surface area (Å²) in [4.78, 5) is 19.2. The Morgan fingerprint density at radius 1 is 1.06 bits per heavy atom.